The summed E-state index contributed by atoms with van der Waals surface area (Å²) in [6.07, 6.45) is -4.31. The van der Waals surface area contributed by atoms with Crippen LogP contribution in [-0.2, 0) is 0 Å². The molecule has 0 radical (unpaired) electrons. The van der Waals surface area contributed by atoms with E-state index in [1.807, 2.05) is 0 Å². The van der Waals surface area contributed by atoms with Crippen molar-refractivity contribution in [3.63, 3.8) is 0 Å². The number of rotatable bonds is 3. The number of anilines is 2. The summed E-state index contributed by atoms with van der Waals surface area (Å²) < 4.78 is 37.8. The Morgan fingerprint density at radius 2 is 2.00 bits per heavy atom. The van der Waals surface area contributed by atoms with Gasteiger partial charge in [0, 0.05) is 13.1 Å². The summed E-state index contributed by atoms with van der Waals surface area (Å²) in [6, 6.07) is 2.39. The number of nitro groups is 1. The maximum atomic E-state index is 12.6. The van der Waals surface area contributed by atoms with Gasteiger partial charge in [-0.05, 0) is 12.8 Å². The molecule has 0 spiro atoms. The van der Waals surface area contributed by atoms with Crippen molar-refractivity contribution in [3.8, 4) is 0 Å². The van der Waals surface area contributed by atoms with Crippen LogP contribution in [0.15, 0.2) is 12.1 Å². The number of hydrazine groups is 1. The average Bonchev–Trinajstić information content (AvgIpc) is 2.46. The summed E-state index contributed by atoms with van der Waals surface area (Å²) in [5, 5.41) is 10.8. The fraction of sp³-hybridized carbons (Fsp3) is 0.545. The molecule has 0 aliphatic carbocycles. The van der Waals surface area contributed by atoms with Gasteiger partial charge in [-0.1, -0.05) is 0 Å². The van der Waals surface area contributed by atoms with Crippen LogP contribution >= 0.6 is 0 Å². The zero-order chi connectivity index (χ0) is 15.6. The van der Waals surface area contributed by atoms with Crippen molar-refractivity contribution in [3.05, 3.63) is 22.2 Å². The Morgan fingerprint density at radius 3 is 2.48 bits per heavy atom. The molecule has 2 rings (SSSR count). The molecule has 1 aromatic heterocycles. The second-order valence-corrected chi connectivity index (χ2v) is 4.77. The topological polar surface area (TPSA) is 97.3 Å². The molecule has 1 aliphatic rings. The molecule has 1 fully saturated rings. The molecule has 0 aromatic carbocycles. The lowest BCUT2D eigenvalue weighted by Gasteiger charge is -2.33. The summed E-state index contributed by atoms with van der Waals surface area (Å²) in [7, 11) is 0. The molecule has 10 heteroatoms. The first kappa shape index (κ1) is 15.3. The Morgan fingerprint density at radius 1 is 1.38 bits per heavy atom. The molecule has 0 unspecified atom stereocenters. The highest BCUT2D eigenvalue weighted by molar-refractivity contribution is 5.55. The van der Waals surface area contributed by atoms with Gasteiger partial charge < -0.3 is 10.3 Å². The monoisotopic (exact) mass is 305 g/mol. The number of hydrogen-bond donors (Lipinski definition) is 2. The van der Waals surface area contributed by atoms with Gasteiger partial charge in [-0.15, -0.1) is 0 Å². The van der Waals surface area contributed by atoms with Crippen LogP contribution in [0.4, 0.5) is 30.5 Å². The van der Waals surface area contributed by atoms with Crippen molar-refractivity contribution >= 4 is 17.3 Å². The predicted octanol–water partition coefficient (Wildman–Crippen LogP) is 2.05. The number of nitrogens with one attached hydrogen (secondary N) is 1. The Labute approximate surface area is 118 Å². The molecular weight excluding hydrogens is 291 g/mol. The van der Waals surface area contributed by atoms with Gasteiger partial charge in [0.1, 0.15) is 11.6 Å². The number of nitrogens with two attached hydrogens (primary N) is 1. The van der Waals surface area contributed by atoms with Crippen molar-refractivity contribution in [2.24, 2.45) is 11.8 Å². The zero-order valence-electron chi connectivity index (χ0n) is 10.9. The molecule has 1 aromatic rings. The lowest BCUT2D eigenvalue weighted by molar-refractivity contribution is -0.384. The first-order valence-electron chi connectivity index (χ1n) is 6.26. The number of pyridine rings is 1. The predicted molar refractivity (Wildman–Crippen MR) is 69.7 cm³/mol. The lowest BCUT2D eigenvalue weighted by Crippen LogP contribution is -2.39. The smallest absolute Gasteiger partial charge is 0.356 e. The second kappa shape index (κ2) is 5.72. The minimum absolute atomic E-state index is 0.0563. The van der Waals surface area contributed by atoms with Crippen LogP contribution in [0, 0.1) is 16.0 Å². The molecule has 3 N–H and O–H groups in total. The highest BCUT2D eigenvalue weighted by Crippen LogP contribution is 2.35. The van der Waals surface area contributed by atoms with E-state index in [1.54, 1.807) is 4.90 Å². The van der Waals surface area contributed by atoms with E-state index in [0.717, 1.165) is 6.07 Å². The number of aromatic nitrogens is 1. The summed E-state index contributed by atoms with van der Waals surface area (Å²) in [4.78, 5) is 15.9. The largest absolute Gasteiger partial charge is 0.391 e. The molecule has 21 heavy (non-hydrogen) atoms. The Hall–Kier alpha value is -2.10. The number of alkyl halides is 3. The standard InChI is InChI=1S/C11H14F3N5O2/c12-11(13,14)7-1-3-18(4-2-7)10-6-8(19(20)21)5-9(16-10)17-15/h5-7H,1-4,15H2,(H,16,17). The van der Waals surface area contributed by atoms with E-state index >= 15 is 0 Å². The molecule has 0 bridgehead atoms. The summed E-state index contributed by atoms with van der Waals surface area (Å²) in [5.74, 6) is 4.20. The molecule has 0 saturated carbocycles. The molecule has 116 valence electrons. The Bertz CT molecular complexity index is 529. The zero-order valence-corrected chi connectivity index (χ0v) is 10.9. The van der Waals surface area contributed by atoms with Crippen molar-refractivity contribution < 1.29 is 18.1 Å². The first-order valence-corrected chi connectivity index (χ1v) is 6.26. The molecule has 2 heterocycles. The van der Waals surface area contributed by atoms with E-state index in [2.05, 4.69) is 10.4 Å². The molecule has 0 atom stereocenters. The van der Waals surface area contributed by atoms with Crippen LogP contribution in [0.3, 0.4) is 0 Å². The molecule has 1 saturated heterocycles. The molecule has 1 aliphatic heterocycles. The van der Waals surface area contributed by atoms with Crippen LogP contribution in [0.25, 0.3) is 0 Å². The number of hydrogen-bond acceptors (Lipinski definition) is 6. The van der Waals surface area contributed by atoms with E-state index in [4.69, 9.17) is 5.84 Å². The van der Waals surface area contributed by atoms with Crippen LogP contribution in [0.2, 0.25) is 0 Å². The van der Waals surface area contributed by atoms with Gasteiger partial charge in [0.15, 0.2) is 0 Å². The van der Waals surface area contributed by atoms with E-state index in [0.29, 0.717) is 0 Å². The van der Waals surface area contributed by atoms with E-state index in [9.17, 15) is 23.3 Å². The van der Waals surface area contributed by atoms with Crippen molar-refractivity contribution in [2.75, 3.05) is 23.4 Å². The number of nitrogens with zero attached hydrogens (tertiary/aromatic N) is 3. The molecule has 0 amide bonds. The van der Waals surface area contributed by atoms with Gasteiger partial charge >= 0.3 is 6.18 Å². The van der Waals surface area contributed by atoms with Gasteiger partial charge in [0.2, 0.25) is 0 Å². The molecule has 7 nitrogen and oxygen atoms in total. The number of halogens is 3. The van der Waals surface area contributed by atoms with Crippen LogP contribution in [0.1, 0.15) is 12.8 Å². The third kappa shape index (κ3) is 3.51. The molecular formula is C11H14F3N5O2. The summed E-state index contributed by atoms with van der Waals surface area (Å²) in [6.45, 7) is 0.282. The Balaban J connectivity index is 2.16. The summed E-state index contributed by atoms with van der Waals surface area (Å²) in [5.41, 5.74) is 2.00. The van der Waals surface area contributed by atoms with Crippen molar-refractivity contribution in [1.82, 2.24) is 4.98 Å². The summed E-state index contributed by atoms with van der Waals surface area (Å²) >= 11 is 0. The highest BCUT2D eigenvalue weighted by atomic mass is 19.4. The van der Waals surface area contributed by atoms with Crippen LogP contribution < -0.4 is 16.2 Å². The van der Waals surface area contributed by atoms with Gasteiger partial charge in [-0.25, -0.2) is 10.8 Å². The second-order valence-electron chi connectivity index (χ2n) is 4.77. The minimum atomic E-state index is -4.20. The third-order valence-corrected chi connectivity index (χ3v) is 3.44. The highest BCUT2D eigenvalue weighted by Gasteiger charge is 2.41. The van der Waals surface area contributed by atoms with E-state index < -0.39 is 17.0 Å². The number of piperidine rings is 1. The van der Waals surface area contributed by atoms with Gasteiger partial charge in [-0.3, -0.25) is 10.1 Å². The fourth-order valence-corrected chi connectivity index (χ4v) is 2.28. The lowest BCUT2D eigenvalue weighted by atomic mass is 9.96. The van der Waals surface area contributed by atoms with Crippen LogP contribution in [0.5, 0.6) is 0 Å². The maximum Gasteiger partial charge on any atom is 0.391 e. The van der Waals surface area contributed by atoms with Gasteiger partial charge in [0.25, 0.3) is 5.69 Å². The maximum absolute atomic E-state index is 12.6. The van der Waals surface area contributed by atoms with E-state index in [1.165, 1.54) is 6.07 Å². The third-order valence-electron chi connectivity index (χ3n) is 3.44. The van der Waals surface area contributed by atoms with Gasteiger partial charge in [-0.2, -0.15) is 13.2 Å². The fourth-order valence-electron chi connectivity index (χ4n) is 2.28. The normalized spacial score (nSPS) is 16.9. The first-order chi connectivity index (χ1) is 9.81. The SMILES string of the molecule is NNc1cc([N+](=O)[O-])cc(N2CCC(C(F)(F)F)CC2)n1. The quantitative estimate of drug-likeness (QED) is 0.504. The van der Waals surface area contributed by atoms with Crippen LogP contribution in [-0.4, -0.2) is 29.2 Å². The minimum Gasteiger partial charge on any atom is -0.356 e. The number of nitrogen functional groups attached to an aromatic ring is 1. The Kier molecular flexibility index (Phi) is 4.16. The average molecular weight is 305 g/mol. The van der Waals surface area contributed by atoms with E-state index in [-0.39, 0.29) is 43.3 Å². The van der Waals surface area contributed by atoms with Gasteiger partial charge in [0.05, 0.1) is 23.0 Å². The van der Waals surface area contributed by atoms with Crippen molar-refractivity contribution in [2.45, 2.75) is 19.0 Å². The van der Waals surface area contributed by atoms with Crippen molar-refractivity contribution in [1.29, 1.82) is 0 Å².